The highest BCUT2D eigenvalue weighted by Crippen LogP contribution is 2.14. The van der Waals surface area contributed by atoms with Gasteiger partial charge in [-0.3, -0.25) is 0 Å². The molecule has 0 spiro atoms. The lowest BCUT2D eigenvalue weighted by molar-refractivity contribution is -0.152. The van der Waals surface area contributed by atoms with Crippen molar-refractivity contribution < 1.29 is 19.0 Å². The summed E-state index contributed by atoms with van der Waals surface area (Å²) in [4.78, 5) is 11.3. The van der Waals surface area contributed by atoms with E-state index in [1.165, 1.54) is 14.2 Å². The number of ether oxygens (including phenoxy) is 3. The van der Waals surface area contributed by atoms with Crippen LogP contribution in [0.5, 0.6) is 5.75 Å². The second kappa shape index (κ2) is 6.91. The number of methoxy groups -OCH3 is 3. The zero-order chi connectivity index (χ0) is 12.7. The molecule has 1 aromatic carbocycles. The van der Waals surface area contributed by atoms with Gasteiger partial charge in [-0.1, -0.05) is 12.1 Å². The number of rotatable bonds is 6. The molecule has 0 fully saturated rings. The van der Waals surface area contributed by atoms with E-state index in [2.05, 4.69) is 4.74 Å². The quantitative estimate of drug-likeness (QED) is 0.709. The van der Waals surface area contributed by atoms with Crippen LogP contribution < -0.4 is 4.74 Å². The van der Waals surface area contributed by atoms with Crippen LogP contribution in [0.15, 0.2) is 24.3 Å². The Morgan fingerprint density at radius 2 is 1.82 bits per heavy atom. The molecule has 17 heavy (non-hydrogen) atoms. The normalized spacial score (nSPS) is 11.9. The van der Waals surface area contributed by atoms with Gasteiger partial charge in [-0.05, 0) is 30.5 Å². The van der Waals surface area contributed by atoms with Gasteiger partial charge in [-0.25, -0.2) is 4.79 Å². The highest BCUT2D eigenvalue weighted by Gasteiger charge is 2.17. The van der Waals surface area contributed by atoms with Crippen LogP contribution in [-0.2, 0) is 20.7 Å². The first-order valence-electron chi connectivity index (χ1n) is 5.44. The van der Waals surface area contributed by atoms with Gasteiger partial charge >= 0.3 is 5.97 Å². The van der Waals surface area contributed by atoms with Crippen molar-refractivity contribution in [3.63, 3.8) is 0 Å². The Kier molecular flexibility index (Phi) is 5.49. The second-order valence-electron chi connectivity index (χ2n) is 3.63. The highest BCUT2D eigenvalue weighted by molar-refractivity contribution is 5.74. The maximum Gasteiger partial charge on any atom is 0.334 e. The van der Waals surface area contributed by atoms with Gasteiger partial charge in [0.15, 0.2) is 6.10 Å². The summed E-state index contributed by atoms with van der Waals surface area (Å²) >= 11 is 0. The van der Waals surface area contributed by atoms with E-state index in [0.717, 1.165) is 17.7 Å². The third-order valence-corrected chi connectivity index (χ3v) is 2.60. The van der Waals surface area contributed by atoms with Crippen LogP contribution in [0, 0.1) is 0 Å². The van der Waals surface area contributed by atoms with E-state index in [1.54, 1.807) is 7.11 Å². The molecule has 0 aliphatic rings. The molecule has 0 N–H and O–H groups in total. The predicted molar refractivity (Wildman–Crippen MR) is 64.1 cm³/mol. The van der Waals surface area contributed by atoms with Crippen LogP contribution >= 0.6 is 0 Å². The maximum atomic E-state index is 11.3. The average Bonchev–Trinajstić information content (AvgIpc) is 2.39. The van der Waals surface area contributed by atoms with E-state index >= 15 is 0 Å². The molecule has 0 aliphatic heterocycles. The summed E-state index contributed by atoms with van der Waals surface area (Å²) in [5.74, 6) is 0.492. The summed E-state index contributed by atoms with van der Waals surface area (Å²) in [7, 11) is 4.50. The molecule has 0 aromatic heterocycles. The van der Waals surface area contributed by atoms with Crippen molar-refractivity contribution >= 4 is 5.97 Å². The lowest BCUT2D eigenvalue weighted by atomic mass is 10.1. The van der Waals surface area contributed by atoms with E-state index < -0.39 is 6.10 Å². The lowest BCUT2D eigenvalue weighted by Crippen LogP contribution is -2.24. The molecule has 0 heterocycles. The van der Waals surface area contributed by atoms with E-state index in [0.29, 0.717) is 6.42 Å². The number of aryl methyl sites for hydroxylation is 1. The van der Waals surface area contributed by atoms with E-state index in [9.17, 15) is 4.79 Å². The van der Waals surface area contributed by atoms with Gasteiger partial charge < -0.3 is 14.2 Å². The Bertz CT molecular complexity index is 345. The molecule has 0 bridgehead atoms. The number of hydrogen-bond donors (Lipinski definition) is 0. The lowest BCUT2D eigenvalue weighted by Gasteiger charge is -2.12. The zero-order valence-corrected chi connectivity index (χ0v) is 10.4. The molecule has 1 atom stereocenters. The first-order valence-corrected chi connectivity index (χ1v) is 5.44. The van der Waals surface area contributed by atoms with Crippen LogP contribution in [0.25, 0.3) is 0 Å². The fourth-order valence-corrected chi connectivity index (χ4v) is 1.55. The van der Waals surface area contributed by atoms with Crippen molar-refractivity contribution in [1.82, 2.24) is 0 Å². The van der Waals surface area contributed by atoms with Crippen LogP contribution in [0.4, 0.5) is 0 Å². The van der Waals surface area contributed by atoms with Gasteiger partial charge in [0.1, 0.15) is 5.75 Å². The fraction of sp³-hybridized carbons (Fsp3) is 0.462. The number of hydrogen-bond acceptors (Lipinski definition) is 4. The Balaban J connectivity index is 2.50. The van der Waals surface area contributed by atoms with Gasteiger partial charge in [0.05, 0.1) is 14.2 Å². The summed E-state index contributed by atoms with van der Waals surface area (Å²) in [6.45, 7) is 0. The fourth-order valence-electron chi connectivity index (χ4n) is 1.55. The second-order valence-corrected chi connectivity index (χ2v) is 3.63. The Morgan fingerprint density at radius 3 is 2.29 bits per heavy atom. The number of carbonyl (C=O) groups excluding carboxylic acids is 1. The molecule has 0 aliphatic carbocycles. The van der Waals surface area contributed by atoms with E-state index in [4.69, 9.17) is 9.47 Å². The third-order valence-electron chi connectivity index (χ3n) is 2.60. The predicted octanol–water partition coefficient (Wildman–Crippen LogP) is 1.82. The van der Waals surface area contributed by atoms with Crippen LogP contribution in [0.1, 0.15) is 12.0 Å². The minimum Gasteiger partial charge on any atom is -0.497 e. The Hall–Kier alpha value is -1.55. The molecule has 1 aromatic rings. The van der Waals surface area contributed by atoms with Crippen molar-refractivity contribution in [3.05, 3.63) is 29.8 Å². The molecule has 1 unspecified atom stereocenters. The number of carbonyl (C=O) groups is 1. The zero-order valence-electron chi connectivity index (χ0n) is 10.4. The van der Waals surface area contributed by atoms with Crippen molar-refractivity contribution in [3.8, 4) is 5.75 Å². The molecular formula is C13H18O4. The molecule has 4 heteroatoms. The molecular weight excluding hydrogens is 220 g/mol. The molecule has 4 nitrogen and oxygen atoms in total. The summed E-state index contributed by atoms with van der Waals surface area (Å²) in [5, 5.41) is 0. The maximum absolute atomic E-state index is 11.3. The van der Waals surface area contributed by atoms with Gasteiger partial charge in [0, 0.05) is 7.11 Å². The molecule has 0 amide bonds. The average molecular weight is 238 g/mol. The highest BCUT2D eigenvalue weighted by atomic mass is 16.6. The van der Waals surface area contributed by atoms with Crippen molar-refractivity contribution in [1.29, 1.82) is 0 Å². The molecule has 0 saturated carbocycles. The Labute approximate surface area is 101 Å². The molecule has 94 valence electrons. The van der Waals surface area contributed by atoms with Crippen LogP contribution in [-0.4, -0.2) is 33.4 Å². The van der Waals surface area contributed by atoms with Crippen LogP contribution in [0.2, 0.25) is 0 Å². The molecule has 0 saturated heterocycles. The van der Waals surface area contributed by atoms with Crippen molar-refractivity contribution in [2.75, 3.05) is 21.3 Å². The first kappa shape index (κ1) is 13.5. The van der Waals surface area contributed by atoms with E-state index in [-0.39, 0.29) is 5.97 Å². The largest absolute Gasteiger partial charge is 0.497 e. The van der Waals surface area contributed by atoms with Gasteiger partial charge in [0.2, 0.25) is 0 Å². The van der Waals surface area contributed by atoms with Crippen molar-refractivity contribution in [2.24, 2.45) is 0 Å². The summed E-state index contributed by atoms with van der Waals surface area (Å²) < 4.78 is 14.8. The molecule has 0 radical (unpaired) electrons. The summed E-state index contributed by atoms with van der Waals surface area (Å²) in [6.07, 6.45) is 0.870. The van der Waals surface area contributed by atoms with Gasteiger partial charge in [-0.15, -0.1) is 0 Å². The summed E-state index contributed by atoms with van der Waals surface area (Å²) in [6, 6.07) is 7.75. The van der Waals surface area contributed by atoms with Gasteiger partial charge in [-0.2, -0.15) is 0 Å². The number of benzene rings is 1. The molecule has 1 rings (SSSR count). The Morgan fingerprint density at radius 1 is 1.18 bits per heavy atom. The van der Waals surface area contributed by atoms with Crippen LogP contribution in [0.3, 0.4) is 0 Å². The smallest absolute Gasteiger partial charge is 0.334 e. The minimum absolute atomic E-state index is 0.332. The standard InChI is InChI=1S/C13H18O4/c1-15-11-7-4-10(5-8-11)6-9-12(16-2)13(14)17-3/h4-5,7-8,12H,6,9H2,1-3H3. The SMILES string of the molecule is COC(=O)C(CCc1ccc(OC)cc1)OC. The van der Waals surface area contributed by atoms with Gasteiger partial charge in [0.25, 0.3) is 0 Å². The third kappa shape index (κ3) is 4.07. The monoisotopic (exact) mass is 238 g/mol. The minimum atomic E-state index is -0.498. The first-order chi connectivity index (χ1) is 8.21. The topological polar surface area (TPSA) is 44.8 Å². The summed E-state index contributed by atoms with van der Waals surface area (Å²) in [5.41, 5.74) is 1.14. The van der Waals surface area contributed by atoms with Crippen molar-refractivity contribution in [2.45, 2.75) is 18.9 Å². The van der Waals surface area contributed by atoms with E-state index in [1.807, 2.05) is 24.3 Å². The number of esters is 1.